The highest BCUT2D eigenvalue weighted by Crippen LogP contribution is 2.44. The third-order valence-electron chi connectivity index (χ3n) is 6.73. The van der Waals surface area contributed by atoms with Crippen LogP contribution < -0.4 is 9.62 Å². The van der Waals surface area contributed by atoms with Gasteiger partial charge in [0.05, 0.1) is 25.1 Å². The minimum atomic E-state index is -4.00. The number of rotatable bonds is 8. The van der Waals surface area contributed by atoms with Crippen LogP contribution in [0.4, 0.5) is 11.6 Å². The minimum Gasteiger partial charge on any atom is -0.379 e. The summed E-state index contributed by atoms with van der Waals surface area (Å²) in [5.74, 6) is -0.159. The number of nitrogens with zero attached hydrogens (tertiary/aromatic N) is 4. The van der Waals surface area contributed by atoms with Gasteiger partial charge in [-0.15, -0.1) is 0 Å². The lowest BCUT2D eigenvalue weighted by molar-refractivity contribution is -0.124. The molecule has 0 radical (unpaired) electrons. The highest BCUT2D eigenvalue weighted by Gasteiger charge is 2.51. The zero-order valence-corrected chi connectivity index (χ0v) is 24.4. The molecule has 0 saturated carbocycles. The molecule has 1 atom stereocenters. The third-order valence-corrected chi connectivity index (χ3v) is 9.12. The number of halogens is 3. The number of benzene rings is 2. The van der Waals surface area contributed by atoms with Crippen molar-refractivity contribution in [1.82, 2.24) is 19.2 Å². The maximum Gasteiger partial charge on any atom is 0.260 e. The first kappa shape index (κ1) is 27.6. The van der Waals surface area contributed by atoms with Gasteiger partial charge in [0.1, 0.15) is 5.54 Å². The molecule has 5 rings (SSSR count). The number of sulfonamides is 1. The lowest BCUT2D eigenvalue weighted by Crippen LogP contribution is -2.44. The van der Waals surface area contributed by atoms with E-state index in [0.29, 0.717) is 35.5 Å². The summed E-state index contributed by atoms with van der Waals surface area (Å²) >= 11 is 15.9. The summed E-state index contributed by atoms with van der Waals surface area (Å²) in [7, 11) is -4.00. The molecule has 1 N–H and O–H groups in total. The smallest absolute Gasteiger partial charge is 0.260 e. The molecule has 2 aromatic carbocycles. The number of hydrogen-bond donors (Lipinski definition) is 1. The van der Waals surface area contributed by atoms with Crippen LogP contribution in [0.25, 0.3) is 0 Å². The van der Waals surface area contributed by atoms with E-state index in [1.807, 2.05) is 24.3 Å². The standard InChI is InChI=1S/C25H26BrCl2N5O4S/c1-25(15-17-2-4-18(26)5-3-17)23(34)32(21-13-19(27)12-20(28)14-21)24-29-16-22(33(24)25)38(35,36)30-6-7-31-8-10-37-11-9-31/h2-5,12-14,16,30H,6-11,15H2,1H3/t25-/m1/s1. The quantitative estimate of drug-likeness (QED) is 0.396. The molecule has 9 nitrogen and oxygen atoms in total. The van der Waals surface area contributed by atoms with Crippen molar-refractivity contribution in [2.45, 2.75) is 23.9 Å². The Hall–Kier alpha value is -1.99. The Balaban J connectivity index is 1.53. The molecule has 0 spiro atoms. The number of ether oxygens (including phenoxy) is 1. The summed E-state index contributed by atoms with van der Waals surface area (Å²) in [5.41, 5.74) is -0.0237. The van der Waals surface area contributed by atoms with Crippen LogP contribution in [0.3, 0.4) is 0 Å². The topological polar surface area (TPSA) is 96.8 Å². The molecule has 1 amide bonds. The van der Waals surface area contributed by atoms with E-state index in [9.17, 15) is 13.2 Å². The Morgan fingerprint density at radius 3 is 2.42 bits per heavy atom. The largest absolute Gasteiger partial charge is 0.379 e. The highest BCUT2D eigenvalue weighted by molar-refractivity contribution is 9.10. The van der Waals surface area contributed by atoms with Gasteiger partial charge in [0.25, 0.3) is 15.9 Å². The monoisotopic (exact) mass is 641 g/mol. The van der Waals surface area contributed by atoms with Crippen molar-refractivity contribution in [2.24, 2.45) is 0 Å². The van der Waals surface area contributed by atoms with Crippen LogP contribution in [0.2, 0.25) is 10.0 Å². The average Bonchev–Trinajstić information content (AvgIpc) is 3.39. The van der Waals surface area contributed by atoms with Gasteiger partial charge in [-0.2, -0.15) is 0 Å². The van der Waals surface area contributed by atoms with E-state index in [4.69, 9.17) is 27.9 Å². The molecule has 13 heteroatoms. The van der Waals surface area contributed by atoms with E-state index < -0.39 is 15.6 Å². The molecule has 1 fully saturated rings. The number of morpholine rings is 1. The van der Waals surface area contributed by atoms with Crippen LogP contribution in [-0.2, 0) is 31.5 Å². The first-order valence-electron chi connectivity index (χ1n) is 12.0. The van der Waals surface area contributed by atoms with E-state index in [1.54, 1.807) is 25.1 Å². The molecule has 0 bridgehead atoms. The van der Waals surface area contributed by atoms with Gasteiger partial charge in [-0.3, -0.25) is 14.3 Å². The molecule has 3 heterocycles. The van der Waals surface area contributed by atoms with Crippen molar-refractivity contribution in [3.63, 3.8) is 0 Å². The first-order chi connectivity index (χ1) is 18.1. The van der Waals surface area contributed by atoms with E-state index in [2.05, 4.69) is 30.5 Å². The fourth-order valence-corrected chi connectivity index (χ4v) is 6.86. The second-order valence-electron chi connectivity index (χ2n) is 9.43. The number of fused-ring (bicyclic) bond motifs is 1. The van der Waals surface area contributed by atoms with E-state index in [1.165, 1.54) is 15.7 Å². The van der Waals surface area contributed by atoms with Crippen LogP contribution >= 0.6 is 39.1 Å². The zero-order chi connectivity index (χ0) is 27.1. The van der Waals surface area contributed by atoms with Crippen molar-refractivity contribution in [3.05, 3.63) is 68.7 Å². The van der Waals surface area contributed by atoms with Crippen molar-refractivity contribution >= 4 is 66.7 Å². The molecule has 0 aliphatic carbocycles. The van der Waals surface area contributed by atoms with E-state index in [-0.39, 0.29) is 29.8 Å². The van der Waals surface area contributed by atoms with Crippen LogP contribution in [0.5, 0.6) is 0 Å². The molecule has 0 unspecified atom stereocenters. The summed E-state index contributed by atoms with van der Waals surface area (Å²) < 4.78 is 37.5. The molecule has 1 saturated heterocycles. The molecule has 2 aliphatic rings. The van der Waals surface area contributed by atoms with E-state index >= 15 is 0 Å². The summed E-state index contributed by atoms with van der Waals surface area (Å²) in [6.45, 7) is 5.24. The van der Waals surface area contributed by atoms with Crippen molar-refractivity contribution < 1.29 is 17.9 Å². The van der Waals surface area contributed by atoms with Gasteiger partial charge in [0.15, 0.2) is 5.03 Å². The van der Waals surface area contributed by atoms with Crippen LogP contribution in [-0.4, -0.2) is 68.2 Å². The Bertz CT molecular complexity index is 1440. The second kappa shape index (κ2) is 10.9. The van der Waals surface area contributed by atoms with E-state index in [0.717, 1.165) is 23.1 Å². The third kappa shape index (κ3) is 5.38. The number of imidazole rings is 1. The van der Waals surface area contributed by atoms with Crippen molar-refractivity contribution in [3.8, 4) is 0 Å². The van der Waals surface area contributed by atoms with Crippen LogP contribution in [0, 0.1) is 0 Å². The lowest BCUT2D eigenvalue weighted by atomic mass is 9.92. The molecular weight excluding hydrogens is 617 g/mol. The molecule has 3 aromatic rings. The maximum absolute atomic E-state index is 14.1. The molecular formula is C25H26BrCl2N5O4S. The predicted molar refractivity (Wildman–Crippen MR) is 150 cm³/mol. The van der Waals surface area contributed by atoms with Crippen molar-refractivity contribution in [2.75, 3.05) is 44.3 Å². The zero-order valence-electron chi connectivity index (χ0n) is 20.5. The number of anilines is 2. The van der Waals surface area contributed by atoms with Gasteiger partial charge in [0, 0.05) is 47.1 Å². The molecule has 2 aliphatic heterocycles. The summed E-state index contributed by atoms with van der Waals surface area (Å²) in [4.78, 5) is 22.0. The van der Waals surface area contributed by atoms with Gasteiger partial charge in [-0.1, -0.05) is 51.3 Å². The maximum atomic E-state index is 14.1. The average molecular weight is 643 g/mol. The van der Waals surface area contributed by atoms with Gasteiger partial charge < -0.3 is 4.74 Å². The Morgan fingerprint density at radius 1 is 1.11 bits per heavy atom. The first-order valence-corrected chi connectivity index (χ1v) is 15.0. The van der Waals surface area contributed by atoms with Crippen LogP contribution in [0.15, 0.2) is 58.2 Å². The van der Waals surface area contributed by atoms with Gasteiger partial charge in [-0.05, 0) is 42.8 Å². The highest BCUT2D eigenvalue weighted by atomic mass is 79.9. The van der Waals surface area contributed by atoms with Crippen LogP contribution in [0.1, 0.15) is 12.5 Å². The number of amides is 1. The summed E-state index contributed by atoms with van der Waals surface area (Å²) in [5, 5.41) is 0.605. The number of carbonyl (C=O) groups is 1. The second-order valence-corrected chi connectivity index (χ2v) is 12.9. The Labute approximate surface area is 239 Å². The predicted octanol–water partition coefficient (Wildman–Crippen LogP) is 4.20. The fourth-order valence-electron chi connectivity index (χ4n) is 4.86. The Kier molecular flexibility index (Phi) is 7.89. The summed E-state index contributed by atoms with van der Waals surface area (Å²) in [6.07, 6.45) is 1.53. The van der Waals surface area contributed by atoms with Gasteiger partial charge in [0.2, 0.25) is 5.95 Å². The molecule has 202 valence electrons. The number of carbonyl (C=O) groups excluding carboxylic acids is 1. The number of aromatic nitrogens is 2. The summed E-state index contributed by atoms with van der Waals surface area (Å²) in [6, 6.07) is 12.3. The van der Waals surface area contributed by atoms with Gasteiger partial charge >= 0.3 is 0 Å². The number of nitrogens with one attached hydrogen (secondary N) is 1. The Morgan fingerprint density at radius 2 is 1.76 bits per heavy atom. The van der Waals surface area contributed by atoms with Gasteiger partial charge in [-0.25, -0.2) is 23.0 Å². The lowest BCUT2D eigenvalue weighted by Gasteiger charge is -2.27. The number of hydrogen-bond acceptors (Lipinski definition) is 6. The molecule has 38 heavy (non-hydrogen) atoms. The minimum absolute atomic E-state index is 0.0851. The SMILES string of the molecule is C[C@@]1(Cc2ccc(Br)cc2)C(=O)N(c2cc(Cl)cc(Cl)c2)c2ncc(S(=O)(=O)NCCN3CCOCC3)n21. The molecule has 1 aromatic heterocycles. The normalized spacial score (nSPS) is 20.2. The fraction of sp³-hybridized carbons (Fsp3) is 0.360. The van der Waals surface area contributed by atoms with Crippen molar-refractivity contribution in [1.29, 1.82) is 0 Å².